The third kappa shape index (κ3) is 4.86. The number of aliphatic hydroxyl groups excluding tert-OH is 1. The highest BCUT2D eigenvalue weighted by atomic mass is 16.5. The molecule has 0 saturated carbocycles. The van der Waals surface area contributed by atoms with Crippen LogP contribution in [0.3, 0.4) is 0 Å². The summed E-state index contributed by atoms with van der Waals surface area (Å²) in [5.41, 5.74) is 0. The van der Waals surface area contributed by atoms with E-state index >= 15 is 0 Å². The molecule has 0 bridgehead atoms. The van der Waals surface area contributed by atoms with E-state index in [-0.39, 0.29) is 12.6 Å². The van der Waals surface area contributed by atoms with Gasteiger partial charge in [0.2, 0.25) is 0 Å². The third-order valence-corrected chi connectivity index (χ3v) is 4.75. The van der Waals surface area contributed by atoms with Crippen molar-refractivity contribution in [2.24, 2.45) is 5.92 Å². The molecule has 3 rings (SSSR count). The molecule has 0 unspecified atom stereocenters. The molecule has 2 aromatic rings. The van der Waals surface area contributed by atoms with Gasteiger partial charge in [-0.2, -0.15) is 0 Å². The first-order valence-corrected chi connectivity index (χ1v) is 9.01. The number of nitrogens with zero attached hydrogens (tertiary/aromatic N) is 1. The lowest BCUT2D eigenvalue weighted by Gasteiger charge is -2.31. The van der Waals surface area contributed by atoms with Crippen molar-refractivity contribution in [2.45, 2.75) is 19.3 Å². The van der Waals surface area contributed by atoms with Crippen LogP contribution in [0.25, 0.3) is 10.8 Å². The third-order valence-electron chi connectivity index (χ3n) is 4.75. The predicted octanol–water partition coefficient (Wildman–Crippen LogP) is 3.02. The highest BCUT2D eigenvalue weighted by Gasteiger charge is 2.21. The van der Waals surface area contributed by atoms with Gasteiger partial charge in [0.05, 0.1) is 6.61 Å². The molecule has 2 aromatic carbocycles. The number of carbonyl (C=O) groups excluding carboxylic acids is 1. The zero-order valence-corrected chi connectivity index (χ0v) is 14.5. The minimum absolute atomic E-state index is 0.0119. The number of hydrogen-bond acceptors (Lipinski definition) is 3. The van der Waals surface area contributed by atoms with E-state index < -0.39 is 0 Å². The molecular formula is C20H26N2O3. The van der Waals surface area contributed by atoms with Gasteiger partial charge in [0.15, 0.2) is 0 Å². The summed E-state index contributed by atoms with van der Waals surface area (Å²) in [7, 11) is 0. The minimum atomic E-state index is -0.0119. The van der Waals surface area contributed by atoms with Gasteiger partial charge < -0.3 is 20.1 Å². The molecule has 0 radical (unpaired) electrons. The minimum Gasteiger partial charge on any atom is -0.494 e. The van der Waals surface area contributed by atoms with Gasteiger partial charge in [-0.25, -0.2) is 4.79 Å². The molecule has 134 valence electrons. The van der Waals surface area contributed by atoms with Gasteiger partial charge in [-0.05, 0) is 48.1 Å². The second kappa shape index (κ2) is 8.72. The second-order valence-corrected chi connectivity index (χ2v) is 6.56. The van der Waals surface area contributed by atoms with Crippen LogP contribution in [0.5, 0.6) is 5.75 Å². The molecular weight excluding hydrogens is 316 g/mol. The van der Waals surface area contributed by atoms with Crippen LogP contribution in [0, 0.1) is 5.92 Å². The van der Waals surface area contributed by atoms with Crippen LogP contribution < -0.4 is 10.1 Å². The SMILES string of the molecule is O=C(NCCCOc1ccc2ccccc2c1)N1CCC(CO)CC1. The first kappa shape index (κ1) is 17.5. The molecule has 5 nitrogen and oxygen atoms in total. The van der Waals surface area contributed by atoms with Crippen molar-refractivity contribution in [3.63, 3.8) is 0 Å². The van der Waals surface area contributed by atoms with Crippen LogP contribution in [-0.4, -0.2) is 48.9 Å². The van der Waals surface area contributed by atoms with E-state index in [4.69, 9.17) is 9.84 Å². The van der Waals surface area contributed by atoms with Crippen LogP contribution in [0.2, 0.25) is 0 Å². The summed E-state index contributed by atoms with van der Waals surface area (Å²) in [6, 6.07) is 14.3. The molecule has 2 amide bonds. The Balaban J connectivity index is 1.35. The number of nitrogens with one attached hydrogen (secondary N) is 1. The van der Waals surface area contributed by atoms with Crippen molar-refractivity contribution >= 4 is 16.8 Å². The monoisotopic (exact) mass is 342 g/mol. The van der Waals surface area contributed by atoms with Crippen LogP contribution in [0.1, 0.15) is 19.3 Å². The Bertz CT molecular complexity index is 696. The second-order valence-electron chi connectivity index (χ2n) is 6.56. The van der Waals surface area contributed by atoms with E-state index in [0.717, 1.165) is 38.1 Å². The van der Waals surface area contributed by atoms with Crippen molar-refractivity contribution in [1.82, 2.24) is 10.2 Å². The fourth-order valence-corrected chi connectivity index (χ4v) is 3.15. The topological polar surface area (TPSA) is 61.8 Å². The average Bonchev–Trinajstić information content (AvgIpc) is 2.67. The van der Waals surface area contributed by atoms with Gasteiger partial charge in [-0.3, -0.25) is 0 Å². The molecule has 1 fully saturated rings. The van der Waals surface area contributed by atoms with Crippen LogP contribution >= 0.6 is 0 Å². The Morgan fingerprint density at radius 3 is 2.68 bits per heavy atom. The van der Waals surface area contributed by atoms with Crippen LogP contribution in [-0.2, 0) is 0 Å². The van der Waals surface area contributed by atoms with Gasteiger partial charge >= 0.3 is 6.03 Å². The van der Waals surface area contributed by atoms with Gasteiger partial charge in [0, 0.05) is 26.2 Å². The summed E-state index contributed by atoms with van der Waals surface area (Å²) < 4.78 is 5.78. The highest BCUT2D eigenvalue weighted by Crippen LogP contribution is 2.20. The summed E-state index contributed by atoms with van der Waals surface area (Å²) in [4.78, 5) is 13.9. The Morgan fingerprint density at radius 2 is 1.92 bits per heavy atom. The maximum Gasteiger partial charge on any atom is 0.317 e. The Kier molecular flexibility index (Phi) is 6.12. The number of fused-ring (bicyclic) bond motifs is 1. The van der Waals surface area contributed by atoms with Crippen molar-refractivity contribution in [3.8, 4) is 5.75 Å². The Hall–Kier alpha value is -2.27. The molecule has 1 saturated heterocycles. The van der Waals surface area contributed by atoms with E-state index in [0.29, 0.717) is 19.1 Å². The van der Waals surface area contributed by atoms with Crippen molar-refractivity contribution < 1.29 is 14.6 Å². The molecule has 0 aromatic heterocycles. The molecule has 0 spiro atoms. The normalized spacial score (nSPS) is 15.3. The molecule has 1 heterocycles. The smallest absolute Gasteiger partial charge is 0.317 e. The highest BCUT2D eigenvalue weighted by molar-refractivity contribution is 5.83. The summed E-state index contributed by atoms with van der Waals surface area (Å²) in [6.07, 6.45) is 2.54. The van der Waals surface area contributed by atoms with Gasteiger partial charge in [-0.15, -0.1) is 0 Å². The zero-order valence-electron chi connectivity index (χ0n) is 14.5. The quantitative estimate of drug-likeness (QED) is 0.793. The molecule has 1 aliphatic heterocycles. The number of carbonyl (C=O) groups is 1. The number of benzene rings is 2. The number of likely N-dealkylation sites (tertiary alicyclic amines) is 1. The standard InChI is InChI=1S/C20H26N2O3/c23-15-16-8-11-22(12-9-16)20(24)21-10-3-13-25-19-7-6-17-4-1-2-5-18(17)14-19/h1-2,4-7,14,16,23H,3,8-13,15H2,(H,21,24). The van der Waals surface area contributed by atoms with E-state index in [1.54, 1.807) is 0 Å². The number of hydrogen-bond donors (Lipinski definition) is 2. The lowest BCUT2D eigenvalue weighted by atomic mass is 9.98. The van der Waals surface area contributed by atoms with E-state index in [1.807, 2.05) is 29.2 Å². The van der Waals surface area contributed by atoms with E-state index in [1.165, 1.54) is 10.8 Å². The predicted molar refractivity (Wildman–Crippen MR) is 98.8 cm³/mol. The van der Waals surface area contributed by atoms with E-state index in [2.05, 4.69) is 23.5 Å². The molecule has 0 aliphatic carbocycles. The van der Waals surface area contributed by atoms with Gasteiger partial charge in [0.25, 0.3) is 0 Å². The van der Waals surface area contributed by atoms with Crippen molar-refractivity contribution in [1.29, 1.82) is 0 Å². The number of ether oxygens (including phenoxy) is 1. The number of aliphatic hydroxyl groups is 1. The summed E-state index contributed by atoms with van der Waals surface area (Å²) in [6.45, 7) is 2.86. The van der Waals surface area contributed by atoms with Crippen LogP contribution in [0.15, 0.2) is 42.5 Å². The number of piperidine rings is 1. The molecule has 2 N–H and O–H groups in total. The maximum atomic E-state index is 12.1. The largest absolute Gasteiger partial charge is 0.494 e. The number of rotatable bonds is 6. The molecule has 25 heavy (non-hydrogen) atoms. The lowest BCUT2D eigenvalue weighted by Crippen LogP contribution is -2.45. The lowest BCUT2D eigenvalue weighted by molar-refractivity contribution is 0.137. The molecule has 1 aliphatic rings. The first-order chi connectivity index (χ1) is 12.3. The maximum absolute atomic E-state index is 12.1. The first-order valence-electron chi connectivity index (χ1n) is 9.01. The molecule has 0 atom stereocenters. The summed E-state index contributed by atoms with van der Waals surface area (Å²) in [5, 5.41) is 14.4. The Morgan fingerprint density at radius 1 is 1.16 bits per heavy atom. The zero-order chi connectivity index (χ0) is 17.5. The van der Waals surface area contributed by atoms with Gasteiger partial charge in [0.1, 0.15) is 5.75 Å². The number of urea groups is 1. The fraction of sp³-hybridized carbons (Fsp3) is 0.450. The summed E-state index contributed by atoms with van der Waals surface area (Å²) in [5.74, 6) is 1.20. The summed E-state index contributed by atoms with van der Waals surface area (Å²) >= 11 is 0. The number of amides is 2. The van der Waals surface area contributed by atoms with Gasteiger partial charge in [-0.1, -0.05) is 30.3 Å². The fourth-order valence-electron chi connectivity index (χ4n) is 3.15. The Labute approximate surface area is 148 Å². The van der Waals surface area contributed by atoms with E-state index in [9.17, 15) is 4.79 Å². The van der Waals surface area contributed by atoms with Crippen LogP contribution in [0.4, 0.5) is 4.79 Å². The average molecular weight is 342 g/mol. The molecule has 5 heteroatoms. The van der Waals surface area contributed by atoms with Crippen molar-refractivity contribution in [2.75, 3.05) is 32.8 Å². The van der Waals surface area contributed by atoms with Crippen molar-refractivity contribution in [3.05, 3.63) is 42.5 Å².